The Morgan fingerprint density at radius 1 is 0.299 bits per heavy atom. The first-order valence-electron chi connectivity index (χ1n) is 29.8. The number of hydrogen-bond acceptors (Lipinski definition) is 6. The predicted octanol–water partition coefficient (Wildman–Crippen LogP) is 19.9. The van der Waals surface area contributed by atoms with E-state index in [0.29, 0.717) is 19.3 Å². The SMILES string of the molecule is CCCCC/C=C\C/C=C\CCCCCCCCCCCC(=O)OC[C@@H](COC(=O)CCCCCCCCCCCCC)OC(=O)CCCCCCCCCCCCCCCCCCCCC. The van der Waals surface area contributed by atoms with Crippen molar-refractivity contribution in [3.8, 4) is 0 Å². The third-order valence-corrected chi connectivity index (χ3v) is 13.5. The summed E-state index contributed by atoms with van der Waals surface area (Å²) in [5, 5.41) is 0. The predicted molar refractivity (Wildman–Crippen MR) is 289 cm³/mol. The van der Waals surface area contributed by atoms with Crippen LogP contribution in [0.2, 0.25) is 0 Å². The van der Waals surface area contributed by atoms with Gasteiger partial charge in [0, 0.05) is 19.3 Å². The molecular weight excluding hydrogens is 829 g/mol. The zero-order chi connectivity index (χ0) is 48.6. The van der Waals surface area contributed by atoms with E-state index in [0.717, 1.165) is 64.2 Å². The lowest BCUT2D eigenvalue weighted by Gasteiger charge is -2.18. The van der Waals surface area contributed by atoms with Gasteiger partial charge in [-0.05, 0) is 51.4 Å². The molecule has 6 nitrogen and oxygen atoms in total. The van der Waals surface area contributed by atoms with E-state index < -0.39 is 6.10 Å². The number of ether oxygens (including phenoxy) is 3. The Bertz CT molecular complexity index is 1080. The number of allylic oxidation sites excluding steroid dienone is 4. The van der Waals surface area contributed by atoms with E-state index in [2.05, 4.69) is 45.1 Å². The number of unbranched alkanes of at least 4 members (excludes halogenated alkanes) is 40. The van der Waals surface area contributed by atoms with Crippen molar-refractivity contribution in [3.63, 3.8) is 0 Å². The number of carbonyl (C=O) groups excluding carboxylic acids is 3. The standard InChI is InChI=1S/C61H114O6/c1-4-7-10-13-16-19-22-24-26-28-30-32-34-36-39-42-45-48-51-54-60(63)66-57-58(56-65-59(62)53-50-47-44-41-38-21-18-15-12-9-6-3)67-61(64)55-52-49-46-43-40-37-35-33-31-29-27-25-23-20-17-14-11-8-5-2/h16,19,24,26,58H,4-15,17-18,20-23,25,27-57H2,1-3H3/b19-16-,26-24-/t58-/m1/s1. The molecule has 0 aliphatic heterocycles. The van der Waals surface area contributed by atoms with Crippen LogP contribution in [-0.4, -0.2) is 37.2 Å². The van der Waals surface area contributed by atoms with Gasteiger partial charge in [0.05, 0.1) is 0 Å². The van der Waals surface area contributed by atoms with Gasteiger partial charge in [0.15, 0.2) is 6.10 Å². The van der Waals surface area contributed by atoms with E-state index in [9.17, 15) is 14.4 Å². The summed E-state index contributed by atoms with van der Waals surface area (Å²) in [6.07, 6.45) is 66.0. The summed E-state index contributed by atoms with van der Waals surface area (Å²) in [5.41, 5.74) is 0. The summed E-state index contributed by atoms with van der Waals surface area (Å²) in [7, 11) is 0. The normalized spacial score (nSPS) is 12.1. The summed E-state index contributed by atoms with van der Waals surface area (Å²) in [5.74, 6) is -0.849. The zero-order valence-electron chi connectivity index (χ0n) is 45.2. The molecule has 0 radical (unpaired) electrons. The Labute approximate surface area is 417 Å². The second-order valence-electron chi connectivity index (χ2n) is 20.3. The molecule has 0 aliphatic carbocycles. The quantitative estimate of drug-likeness (QED) is 0.0262. The molecule has 0 heterocycles. The van der Waals surface area contributed by atoms with E-state index in [1.807, 2.05) is 0 Å². The van der Waals surface area contributed by atoms with Crippen molar-refractivity contribution in [1.29, 1.82) is 0 Å². The van der Waals surface area contributed by atoms with Gasteiger partial charge in [-0.2, -0.15) is 0 Å². The molecule has 0 rings (SSSR count). The third-order valence-electron chi connectivity index (χ3n) is 13.5. The minimum absolute atomic E-state index is 0.0668. The van der Waals surface area contributed by atoms with E-state index in [1.165, 1.54) is 225 Å². The fourth-order valence-corrected chi connectivity index (χ4v) is 8.95. The van der Waals surface area contributed by atoms with Gasteiger partial charge in [-0.3, -0.25) is 14.4 Å². The average Bonchev–Trinajstić information content (AvgIpc) is 3.33. The molecule has 1 atom stereocenters. The van der Waals surface area contributed by atoms with Crippen molar-refractivity contribution in [2.45, 2.75) is 335 Å². The van der Waals surface area contributed by atoms with Gasteiger partial charge in [0.1, 0.15) is 13.2 Å². The van der Waals surface area contributed by atoms with Crippen LogP contribution < -0.4 is 0 Å². The molecule has 0 N–H and O–H groups in total. The van der Waals surface area contributed by atoms with Crippen molar-refractivity contribution in [2.24, 2.45) is 0 Å². The van der Waals surface area contributed by atoms with E-state index >= 15 is 0 Å². The maximum atomic E-state index is 12.9. The van der Waals surface area contributed by atoms with E-state index in [4.69, 9.17) is 14.2 Å². The molecule has 394 valence electrons. The Balaban J connectivity index is 4.27. The topological polar surface area (TPSA) is 78.9 Å². The number of hydrogen-bond donors (Lipinski definition) is 0. The van der Waals surface area contributed by atoms with Crippen LogP contribution >= 0.6 is 0 Å². The van der Waals surface area contributed by atoms with Crippen molar-refractivity contribution < 1.29 is 28.6 Å². The van der Waals surface area contributed by atoms with Crippen LogP contribution in [-0.2, 0) is 28.6 Å². The van der Waals surface area contributed by atoms with Crippen molar-refractivity contribution in [2.75, 3.05) is 13.2 Å². The zero-order valence-corrected chi connectivity index (χ0v) is 45.2. The van der Waals surface area contributed by atoms with E-state index in [1.54, 1.807) is 0 Å². The second-order valence-corrected chi connectivity index (χ2v) is 20.3. The molecule has 0 bridgehead atoms. The maximum Gasteiger partial charge on any atom is 0.306 e. The smallest absolute Gasteiger partial charge is 0.306 e. The molecule has 0 saturated heterocycles. The molecule has 0 unspecified atom stereocenters. The molecule has 0 spiro atoms. The maximum absolute atomic E-state index is 12.9. The molecule has 67 heavy (non-hydrogen) atoms. The summed E-state index contributed by atoms with van der Waals surface area (Å²) < 4.78 is 16.9. The molecular formula is C61H114O6. The van der Waals surface area contributed by atoms with Gasteiger partial charge in [0.2, 0.25) is 0 Å². The highest BCUT2D eigenvalue weighted by Crippen LogP contribution is 2.17. The van der Waals surface area contributed by atoms with Crippen LogP contribution in [0.3, 0.4) is 0 Å². The van der Waals surface area contributed by atoms with Crippen LogP contribution in [0.5, 0.6) is 0 Å². The van der Waals surface area contributed by atoms with Crippen LogP contribution in [0.1, 0.15) is 329 Å². The fraction of sp³-hybridized carbons (Fsp3) is 0.885. The monoisotopic (exact) mass is 943 g/mol. The van der Waals surface area contributed by atoms with Crippen LogP contribution in [0.4, 0.5) is 0 Å². The van der Waals surface area contributed by atoms with Crippen molar-refractivity contribution in [1.82, 2.24) is 0 Å². The molecule has 0 saturated carbocycles. The second kappa shape index (κ2) is 56.5. The number of esters is 3. The minimum Gasteiger partial charge on any atom is -0.462 e. The van der Waals surface area contributed by atoms with Gasteiger partial charge in [-0.25, -0.2) is 0 Å². The Kier molecular flexibility index (Phi) is 54.7. The van der Waals surface area contributed by atoms with Crippen LogP contribution in [0.25, 0.3) is 0 Å². The summed E-state index contributed by atoms with van der Waals surface area (Å²) in [6.45, 7) is 6.66. The molecule has 0 aliphatic rings. The van der Waals surface area contributed by atoms with Crippen molar-refractivity contribution >= 4 is 17.9 Å². The molecule has 0 amide bonds. The third kappa shape index (κ3) is 54.7. The Morgan fingerprint density at radius 3 is 0.851 bits per heavy atom. The molecule has 0 aromatic heterocycles. The van der Waals surface area contributed by atoms with Gasteiger partial charge in [0.25, 0.3) is 0 Å². The Morgan fingerprint density at radius 2 is 0.537 bits per heavy atom. The highest BCUT2D eigenvalue weighted by atomic mass is 16.6. The van der Waals surface area contributed by atoms with Gasteiger partial charge >= 0.3 is 17.9 Å². The van der Waals surface area contributed by atoms with Crippen LogP contribution in [0, 0.1) is 0 Å². The van der Waals surface area contributed by atoms with E-state index in [-0.39, 0.29) is 31.1 Å². The summed E-state index contributed by atoms with van der Waals surface area (Å²) in [4.78, 5) is 38.1. The highest BCUT2D eigenvalue weighted by Gasteiger charge is 2.19. The first kappa shape index (κ1) is 64.9. The molecule has 0 aromatic carbocycles. The lowest BCUT2D eigenvalue weighted by Crippen LogP contribution is -2.30. The number of rotatable bonds is 55. The largest absolute Gasteiger partial charge is 0.462 e. The average molecular weight is 944 g/mol. The van der Waals surface area contributed by atoms with Crippen molar-refractivity contribution in [3.05, 3.63) is 24.3 Å². The molecule has 0 fully saturated rings. The first-order chi connectivity index (χ1) is 33.0. The van der Waals surface area contributed by atoms with Gasteiger partial charge < -0.3 is 14.2 Å². The van der Waals surface area contributed by atoms with Gasteiger partial charge in [-0.15, -0.1) is 0 Å². The van der Waals surface area contributed by atoms with Gasteiger partial charge in [-0.1, -0.05) is 283 Å². The van der Waals surface area contributed by atoms with Crippen LogP contribution in [0.15, 0.2) is 24.3 Å². The first-order valence-corrected chi connectivity index (χ1v) is 29.8. The lowest BCUT2D eigenvalue weighted by molar-refractivity contribution is -0.167. The minimum atomic E-state index is -0.767. The number of carbonyl (C=O) groups is 3. The molecule has 6 heteroatoms. The summed E-state index contributed by atoms with van der Waals surface area (Å²) >= 11 is 0. The molecule has 0 aromatic rings. The fourth-order valence-electron chi connectivity index (χ4n) is 8.95. The Hall–Kier alpha value is -2.11. The highest BCUT2D eigenvalue weighted by molar-refractivity contribution is 5.71. The summed E-state index contributed by atoms with van der Waals surface area (Å²) in [6, 6.07) is 0. The lowest BCUT2D eigenvalue weighted by atomic mass is 10.0.